The van der Waals surface area contributed by atoms with Crippen molar-refractivity contribution in [3.8, 4) is 0 Å². The molecule has 0 aliphatic carbocycles. The monoisotopic (exact) mass is 446 g/mol. The smallest absolute Gasteiger partial charge is 0.341 e. The number of esters is 2. The lowest BCUT2D eigenvalue weighted by Gasteiger charge is -2.18. The largest absolute Gasteiger partial charge is 0.465 e. The van der Waals surface area contributed by atoms with Gasteiger partial charge in [0.25, 0.3) is 5.91 Å². The summed E-state index contributed by atoms with van der Waals surface area (Å²) in [5, 5.41) is 5.66. The fourth-order valence-electron chi connectivity index (χ4n) is 2.89. The molecule has 1 aromatic carbocycles. The van der Waals surface area contributed by atoms with Crippen molar-refractivity contribution in [3.05, 3.63) is 51.4 Å². The fraction of sp³-hybridized carbons (Fsp3) is 0.364. The van der Waals surface area contributed by atoms with Gasteiger partial charge >= 0.3 is 11.9 Å². The summed E-state index contributed by atoms with van der Waals surface area (Å²) in [5.41, 5.74) is 2.82. The Kier molecular flexibility index (Phi) is 8.32. The van der Waals surface area contributed by atoms with Crippen molar-refractivity contribution in [2.45, 2.75) is 40.2 Å². The SMILES string of the molecule is COC(=O)c1c(NC(=O)COC(=O)CC(NC(C)=O)c2ccc(C)cc2)sc(C)c1C. The summed E-state index contributed by atoms with van der Waals surface area (Å²) >= 11 is 1.24. The third kappa shape index (κ3) is 6.65. The minimum atomic E-state index is -0.638. The van der Waals surface area contributed by atoms with Crippen molar-refractivity contribution >= 4 is 40.1 Å². The molecule has 0 saturated heterocycles. The van der Waals surface area contributed by atoms with E-state index < -0.39 is 30.5 Å². The Bertz CT molecular complexity index is 981. The van der Waals surface area contributed by atoms with Gasteiger partial charge in [0.1, 0.15) is 5.00 Å². The van der Waals surface area contributed by atoms with Gasteiger partial charge in [-0.1, -0.05) is 29.8 Å². The van der Waals surface area contributed by atoms with E-state index in [-0.39, 0.29) is 17.9 Å². The minimum Gasteiger partial charge on any atom is -0.465 e. The maximum Gasteiger partial charge on any atom is 0.341 e. The van der Waals surface area contributed by atoms with E-state index in [1.807, 2.05) is 38.1 Å². The van der Waals surface area contributed by atoms with Gasteiger partial charge in [0.2, 0.25) is 5.91 Å². The predicted octanol–water partition coefficient (Wildman–Crippen LogP) is 3.21. The van der Waals surface area contributed by atoms with Crippen LogP contribution in [0.1, 0.15) is 51.3 Å². The molecule has 1 aromatic heterocycles. The first-order valence-electron chi connectivity index (χ1n) is 9.59. The first-order chi connectivity index (χ1) is 14.6. The van der Waals surface area contributed by atoms with E-state index in [4.69, 9.17) is 9.47 Å². The topological polar surface area (TPSA) is 111 Å². The second-order valence-electron chi connectivity index (χ2n) is 7.06. The molecule has 0 spiro atoms. The molecule has 0 bridgehead atoms. The number of rotatable bonds is 8. The van der Waals surface area contributed by atoms with Gasteiger partial charge in [-0.05, 0) is 31.9 Å². The standard InChI is InChI=1S/C22H26N2O6S/c1-12-6-8-16(9-7-12)17(23-15(4)25)10-19(27)30-11-18(26)24-21-20(22(28)29-5)13(2)14(3)31-21/h6-9,17H,10-11H2,1-5H3,(H,23,25)(H,24,26). The second kappa shape index (κ2) is 10.7. The van der Waals surface area contributed by atoms with Gasteiger partial charge in [0, 0.05) is 11.8 Å². The zero-order valence-corrected chi connectivity index (χ0v) is 19.0. The molecule has 0 aliphatic rings. The zero-order chi connectivity index (χ0) is 23.1. The molecule has 9 heteroatoms. The third-order valence-electron chi connectivity index (χ3n) is 4.62. The van der Waals surface area contributed by atoms with Crippen LogP contribution in [-0.2, 0) is 23.9 Å². The first kappa shape index (κ1) is 24.1. The Hall–Kier alpha value is -3.20. The van der Waals surface area contributed by atoms with Crippen LogP contribution in [0.25, 0.3) is 0 Å². The van der Waals surface area contributed by atoms with E-state index in [2.05, 4.69) is 10.6 Å². The second-order valence-corrected chi connectivity index (χ2v) is 8.28. The van der Waals surface area contributed by atoms with E-state index >= 15 is 0 Å². The number of benzene rings is 1. The number of thiophene rings is 1. The van der Waals surface area contributed by atoms with E-state index in [9.17, 15) is 19.2 Å². The van der Waals surface area contributed by atoms with Crippen LogP contribution in [0.4, 0.5) is 5.00 Å². The van der Waals surface area contributed by atoms with Crippen molar-refractivity contribution in [1.82, 2.24) is 5.32 Å². The number of carbonyl (C=O) groups is 4. The third-order valence-corrected chi connectivity index (χ3v) is 5.74. The van der Waals surface area contributed by atoms with Crippen LogP contribution in [0.15, 0.2) is 24.3 Å². The van der Waals surface area contributed by atoms with Crippen LogP contribution in [0.3, 0.4) is 0 Å². The fourth-order valence-corrected chi connectivity index (χ4v) is 3.96. The molecule has 0 aliphatic heterocycles. The highest BCUT2D eigenvalue weighted by atomic mass is 32.1. The van der Waals surface area contributed by atoms with Crippen molar-refractivity contribution in [3.63, 3.8) is 0 Å². The lowest BCUT2D eigenvalue weighted by atomic mass is 10.0. The van der Waals surface area contributed by atoms with E-state index in [1.165, 1.54) is 25.4 Å². The number of carbonyl (C=O) groups excluding carboxylic acids is 4. The number of hydrogen-bond donors (Lipinski definition) is 2. The summed E-state index contributed by atoms with van der Waals surface area (Å²) in [5.74, 6) is -2.05. The number of ether oxygens (including phenoxy) is 2. The molecule has 1 unspecified atom stereocenters. The molecule has 31 heavy (non-hydrogen) atoms. The molecule has 2 amide bonds. The van der Waals surface area contributed by atoms with E-state index in [1.54, 1.807) is 6.92 Å². The summed E-state index contributed by atoms with van der Waals surface area (Å²) in [6, 6.07) is 6.85. The molecule has 166 valence electrons. The summed E-state index contributed by atoms with van der Waals surface area (Å²) in [4.78, 5) is 48.9. The zero-order valence-electron chi connectivity index (χ0n) is 18.2. The van der Waals surface area contributed by atoms with Gasteiger partial charge in [-0.25, -0.2) is 4.79 Å². The normalized spacial score (nSPS) is 11.4. The number of methoxy groups -OCH3 is 1. The summed E-state index contributed by atoms with van der Waals surface area (Å²) < 4.78 is 9.86. The number of nitrogens with one attached hydrogen (secondary N) is 2. The average Bonchev–Trinajstić information content (AvgIpc) is 2.98. The van der Waals surface area contributed by atoms with E-state index in [0.29, 0.717) is 5.00 Å². The number of aryl methyl sites for hydroxylation is 2. The summed E-state index contributed by atoms with van der Waals surface area (Å²) in [6.07, 6.45) is -0.124. The molecule has 0 saturated carbocycles. The average molecular weight is 447 g/mol. The van der Waals surface area contributed by atoms with Gasteiger partial charge < -0.3 is 20.1 Å². The van der Waals surface area contributed by atoms with Gasteiger partial charge in [0.05, 0.1) is 25.1 Å². The molecular formula is C22H26N2O6S. The lowest BCUT2D eigenvalue weighted by molar-refractivity contribution is -0.148. The maximum absolute atomic E-state index is 12.3. The lowest BCUT2D eigenvalue weighted by Crippen LogP contribution is -2.29. The first-order valence-corrected chi connectivity index (χ1v) is 10.4. The minimum absolute atomic E-state index is 0.124. The van der Waals surface area contributed by atoms with Crippen LogP contribution >= 0.6 is 11.3 Å². The summed E-state index contributed by atoms with van der Waals surface area (Å²) in [7, 11) is 1.27. The molecule has 2 aromatic rings. The van der Waals surface area contributed by atoms with Crippen LogP contribution < -0.4 is 10.6 Å². The van der Waals surface area contributed by atoms with Crippen LogP contribution in [0, 0.1) is 20.8 Å². The Balaban J connectivity index is 1.99. The molecule has 2 N–H and O–H groups in total. The Morgan fingerprint density at radius 2 is 1.71 bits per heavy atom. The Labute approximate surface area is 184 Å². The quantitative estimate of drug-likeness (QED) is 0.603. The molecule has 0 radical (unpaired) electrons. The van der Waals surface area contributed by atoms with Crippen LogP contribution in [0.5, 0.6) is 0 Å². The van der Waals surface area contributed by atoms with Crippen LogP contribution in [-0.4, -0.2) is 37.5 Å². The number of anilines is 1. The van der Waals surface area contributed by atoms with Gasteiger partial charge in [0.15, 0.2) is 6.61 Å². The molecule has 0 fully saturated rings. The van der Waals surface area contributed by atoms with Crippen molar-refractivity contribution in [2.75, 3.05) is 19.0 Å². The molecular weight excluding hydrogens is 420 g/mol. The Morgan fingerprint density at radius 3 is 2.29 bits per heavy atom. The highest BCUT2D eigenvalue weighted by Gasteiger charge is 2.23. The summed E-state index contributed by atoms with van der Waals surface area (Å²) in [6.45, 7) is 6.38. The van der Waals surface area contributed by atoms with Gasteiger partial charge in [-0.15, -0.1) is 11.3 Å². The predicted molar refractivity (Wildman–Crippen MR) is 117 cm³/mol. The van der Waals surface area contributed by atoms with Gasteiger partial charge in [-0.3, -0.25) is 14.4 Å². The molecule has 1 heterocycles. The van der Waals surface area contributed by atoms with Crippen molar-refractivity contribution in [2.24, 2.45) is 0 Å². The Morgan fingerprint density at radius 1 is 1.06 bits per heavy atom. The molecule has 8 nitrogen and oxygen atoms in total. The maximum atomic E-state index is 12.3. The van der Waals surface area contributed by atoms with Gasteiger partial charge in [-0.2, -0.15) is 0 Å². The van der Waals surface area contributed by atoms with Crippen LogP contribution in [0.2, 0.25) is 0 Å². The highest BCUT2D eigenvalue weighted by molar-refractivity contribution is 7.16. The molecule has 1 atom stereocenters. The van der Waals surface area contributed by atoms with Crippen molar-refractivity contribution < 1.29 is 28.7 Å². The molecule has 2 rings (SSSR count). The van der Waals surface area contributed by atoms with Crippen molar-refractivity contribution in [1.29, 1.82) is 0 Å². The highest BCUT2D eigenvalue weighted by Crippen LogP contribution is 2.32. The number of hydrogen-bond acceptors (Lipinski definition) is 7. The number of amides is 2. The van der Waals surface area contributed by atoms with E-state index in [0.717, 1.165) is 21.6 Å².